The molecule has 2 aliphatic carbocycles. The topological polar surface area (TPSA) is 212 Å². The van der Waals surface area contributed by atoms with Crippen molar-refractivity contribution in [1.82, 2.24) is 0 Å². The number of rotatable bonds is 8. The minimum absolute atomic E-state index is 0.0586. The number of carbonyl (C=O) groups excluding carboxylic acids is 4. The average molecular weight is 598 g/mol. The van der Waals surface area contributed by atoms with E-state index in [1.54, 1.807) is 6.92 Å². The Kier molecular flexibility index (Phi) is 7.90. The second-order valence-electron chi connectivity index (χ2n) is 10.7. The summed E-state index contributed by atoms with van der Waals surface area (Å²) in [6.07, 6.45) is -2.19. The number of phenols is 2. The van der Waals surface area contributed by atoms with Gasteiger partial charge in [-0.2, -0.15) is 0 Å². The van der Waals surface area contributed by atoms with Gasteiger partial charge in [0.15, 0.2) is 12.4 Å². The van der Waals surface area contributed by atoms with Crippen molar-refractivity contribution >= 4 is 23.3 Å². The third-order valence-electron chi connectivity index (χ3n) is 7.90. The molecule has 3 aliphatic rings. The van der Waals surface area contributed by atoms with Crippen LogP contribution in [0.3, 0.4) is 0 Å². The summed E-state index contributed by atoms with van der Waals surface area (Å²) in [6.45, 7) is 0.975. The fraction of sp³-hybridized carbons (Fsp3) is 0.400. The lowest BCUT2D eigenvalue weighted by atomic mass is 9.72. The molecular formula is C30H31NO12. The second kappa shape index (κ2) is 11.3. The quantitative estimate of drug-likeness (QED) is 0.186. The number of benzene rings is 2. The number of carbonyl (C=O) groups is 4. The van der Waals surface area contributed by atoms with Gasteiger partial charge in [0.25, 0.3) is 0 Å². The number of phenolic OH excluding ortho intramolecular Hbond substituents is 2. The van der Waals surface area contributed by atoms with Crippen LogP contribution in [0, 0.1) is 0 Å². The maximum absolute atomic E-state index is 13.7. The summed E-state index contributed by atoms with van der Waals surface area (Å²) in [5.74, 6) is -4.71. The molecule has 2 unspecified atom stereocenters. The Bertz CT molecular complexity index is 1560. The predicted molar refractivity (Wildman–Crippen MR) is 146 cm³/mol. The minimum Gasteiger partial charge on any atom is -0.507 e. The van der Waals surface area contributed by atoms with E-state index in [9.17, 15) is 39.6 Å². The number of ketones is 3. The number of methoxy groups -OCH3 is 1. The Hall–Kier alpha value is -4.46. The fourth-order valence-electron chi connectivity index (χ4n) is 5.69. The Balaban J connectivity index is 1.63. The molecule has 4 atom stereocenters. The maximum Gasteiger partial charge on any atom is 0.306 e. The smallest absolute Gasteiger partial charge is 0.306 e. The summed E-state index contributed by atoms with van der Waals surface area (Å²) in [4.78, 5) is 52.5. The molecule has 13 nitrogen and oxygen atoms in total. The molecule has 228 valence electrons. The Labute approximate surface area is 245 Å². The number of aliphatic hydroxyl groups excluding tert-OH is 1. The van der Waals surface area contributed by atoms with Gasteiger partial charge in [0.2, 0.25) is 17.9 Å². The van der Waals surface area contributed by atoms with E-state index in [0.717, 1.165) is 6.26 Å². The molecule has 1 heterocycles. The molecule has 0 aromatic heterocycles. The molecule has 13 heteroatoms. The summed E-state index contributed by atoms with van der Waals surface area (Å²) in [5.41, 5.74) is 2.08. The molecule has 0 saturated carbocycles. The van der Waals surface area contributed by atoms with Crippen molar-refractivity contribution in [3.63, 3.8) is 0 Å². The van der Waals surface area contributed by atoms with Crippen LogP contribution in [0.1, 0.15) is 81.7 Å². The molecular weight excluding hydrogens is 566 g/mol. The van der Waals surface area contributed by atoms with E-state index in [1.165, 1.54) is 25.3 Å². The zero-order valence-corrected chi connectivity index (χ0v) is 23.4. The predicted octanol–water partition coefficient (Wildman–Crippen LogP) is 2.00. The standard InChI is InChI=1S/C30H31NO12/c1-3-5-20(34)41-12-19(33)30(39)9-14-23(18(10-30)43-21-8-15(31)16(32)11-42-21)29(38)25-24(27(14)36)26(35)13-6-4-7-17(40-2)22(13)28(25)37/h4,6-7,11,15,18,21,32,36,38-39H,3,5,8-10,12,31H2,1-2H3/t15?,18-,21?,30-/m0/s1. The van der Waals surface area contributed by atoms with Crippen molar-refractivity contribution in [3.8, 4) is 17.2 Å². The summed E-state index contributed by atoms with van der Waals surface area (Å²) in [7, 11) is 1.31. The average Bonchev–Trinajstić information content (AvgIpc) is 2.97. The largest absolute Gasteiger partial charge is 0.507 e. The number of aliphatic hydroxyl groups is 2. The Morgan fingerprint density at radius 3 is 2.49 bits per heavy atom. The highest BCUT2D eigenvalue weighted by Crippen LogP contribution is 2.52. The van der Waals surface area contributed by atoms with Crippen molar-refractivity contribution in [1.29, 1.82) is 0 Å². The molecule has 5 rings (SSSR count). The van der Waals surface area contributed by atoms with E-state index in [0.29, 0.717) is 6.42 Å². The molecule has 0 spiro atoms. The lowest BCUT2D eigenvalue weighted by Gasteiger charge is -2.40. The van der Waals surface area contributed by atoms with Gasteiger partial charge in [-0.3, -0.25) is 19.2 Å². The maximum atomic E-state index is 13.7. The Morgan fingerprint density at radius 2 is 1.81 bits per heavy atom. The van der Waals surface area contributed by atoms with Gasteiger partial charge >= 0.3 is 5.97 Å². The summed E-state index contributed by atoms with van der Waals surface area (Å²) in [5, 5.41) is 44.4. The second-order valence-corrected chi connectivity index (χ2v) is 10.7. The first-order valence-electron chi connectivity index (χ1n) is 13.7. The minimum atomic E-state index is -2.29. The molecule has 0 bridgehead atoms. The molecule has 2 aromatic rings. The van der Waals surface area contributed by atoms with Crippen LogP contribution in [0.25, 0.3) is 0 Å². The van der Waals surface area contributed by atoms with Crippen molar-refractivity contribution in [2.45, 2.75) is 63.1 Å². The molecule has 0 fully saturated rings. The Morgan fingerprint density at radius 1 is 1.09 bits per heavy atom. The third-order valence-corrected chi connectivity index (χ3v) is 7.90. The van der Waals surface area contributed by atoms with Gasteiger partial charge in [-0.25, -0.2) is 0 Å². The van der Waals surface area contributed by atoms with Crippen molar-refractivity contribution in [2.24, 2.45) is 5.73 Å². The van der Waals surface area contributed by atoms with Crippen LogP contribution < -0.4 is 10.5 Å². The summed E-state index contributed by atoms with van der Waals surface area (Å²) < 4.78 is 21.7. The van der Waals surface area contributed by atoms with Crippen LogP contribution in [-0.2, 0) is 30.2 Å². The van der Waals surface area contributed by atoms with Crippen LogP contribution in [0.2, 0.25) is 0 Å². The number of ether oxygens (including phenoxy) is 4. The number of nitrogens with two attached hydrogens (primary N) is 1. The van der Waals surface area contributed by atoms with E-state index in [-0.39, 0.29) is 46.6 Å². The first kappa shape index (κ1) is 30.0. The van der Waals surface area contributed by atoms with Crippen molar-refractivity contribution < 1.29 is 58.6 Å². The normalized spacial score (nSPS) is 24.2. The zero-order valence-electron chi connectivity index (χ0n) is 23.4. The van der Waals surface area contributed by atoms with E-state index in [2.05, 4.69) is 0 Å². The van der Waals surface area contributed by atoms with E-state index < -0.39 is 89.4 Å². The van der Waals surface area contributed by atoms with Crippen molar-refractivity contribution in [2.75, 3.05) is 13.7 Å². The van der Waals surface area contributed by atoms with Crippen LogP contribution in [0.4, 0.5) is 0 Å². The molecule has 0 amide bonds. The van der Waals surface area contributed by atoms with Crippen molar-refractivity contribution in [3.05, 3.63) is 63.6 Å². The van der Waals surface area contributed by atoms with Crippen LogP contribution in [0.5, 0.6) is 17.2 Å². The summed E-state index contributed by atoms with van der Waals surface area (Å²) >= 11 is 0. The number of fused-ring (bicyclic) bond motifs is 3. The van der Waals surface area contributed by atoms with Gasteiger partial charge in [-0.15, -0.1) is 0 Å². The molecule has 0 radical (unpaired) electrons. The number of Topliss-reactive ketones (excluding diaryl/α,β-unsaturated/α-hetero) is 1. The van der Waals surface area contributed by atoms with Gasteiger partial charge in [-0.05, 0) is 12.5 Å². The van der Waals surface area contributed by atoms with Gasteiger partial charge in [0, 0.05) is 42.4 Å². The zero-order chi connectivity index (χ0) is 31.2. The highest BCUT2D eigenvalue weighted by molar-refractivity contribution is 6.31. The number of hydrogen-bond donors (Lipinski definition) is 5. The van der Waals surface area contributed by atoms with Gasteiger partial charge in [0.05, 0.1) is 35.9 Å². The number of hydrogen-bond acceptors (Lipinski definition) is 13. The monoisotopic (exact) mass is 597 g/mol. The van der Waals surface area contributed by atoms with Gasteiger partial charge < -0.3 is 45.1 Å². The highest BCUT2D eigenvalue weighted by atomic mass is 16.7. The highest BCUT2D eigenvalue weighted by Gasteiger charge is 2.50. The van der Waals surface area contributed by atoms with Crippen LogP contribution in [0.15, 0.2) is 30.2 Å². The third kappa shape index (κ3) is 5.09. The molecule has 0 saturated heterocycles. The summed E-state index contributed by atoms with van der Waals surface area (Å²) in [6, 6.07) is 3.47. The van der Waals surface area contributed by atoms with E-state index >= 15 is 0 Å². The lowest BCUT2D eigenvalue weighted by Crippen LogP contribution is -2.48. The SMILES string of the molecule is CCCC(=O)OCC(=O)[C@]1(O)Cc2c(O)c3c(c(O)c2[C@@H](OC2CC(N)C(O)=CO2)C1)C(=O)c1c(OC)cccc1C3=O. The molecule has 2 aromatic carbocycles. The number of esters is 1. The van der Waals surface area contributed by atoms with Crippen LogP contribution in [-0.4, -0.2) is 75.4 Å². The lowest BCUT2D eigenvalue weighted by molar-refractivity contribution is -0.181. The van der Waals surface area contributed by atoms with Crippen LogP contribution >= 0.6 is 0 Å². The fourth-order valence-corrected chi connectivity index (χ4v) is 5.69. The van der Waals surface area contributed by atoms with Gasteiger partial charge in [-0.1, -0.05) is 19.1 Å². The molecule has 43 heavy (non-hydrogen) atoms. The van der Waals surface area contributed by atoms with E-state index in [4.69, 9.17) is 24.7 Å². The van der Waals surface area contributed by atoms with E-state index in [1.807, 2.05) is 0 Å². The molecule has 6 N–H and O–H groups in total. The molecule has 1 aliphatic heterocycles. The first-order chi connectivity index (χ1) is 20.4. The first-order valence-corrected chi connectivity index (χ1v) is 13.7. The van der Waals surface area contributed by atoms with Gasteiger partial charge in [0.1, 0.15) is 34.9 Å². The number of aromatic hydroxyl groups is 2.